The number of aromatic nitrogens is 4. The van der Waals surface area contributed by atoms with Gasteiger partial charge in [0, 0.05) is 12.1 Å². The molecule has 19 heavy (non-hydrogen) atoms. The van der Waals surface area contributed by atoms with Crippen molar-refractivity contribution < 1.29 is 14.7 Å². The molecule has 98 valence electrons. The molecular weight excluding hydrogens is 250 g/mol. The molecule has 0 saturated heterocycles. The molecule has 0 unspecified atom stereocenters. The fourth-order valence-corrected chi connectivity index (χ4v) is 1.45. The van der Waals surface area contributed by atoms with E-state index in [4.69, 9.17) is 0 Å². The van der Waals surface area contributed by atoms with Crippen LogP contribution in [0.15, 0.2) is 30.6 Å². The van der Waals surface area contributed by atoms with E-state index in [9.17, 15) is 14.7 Å². The first-order valence-corrected chi connectivity index (χ1v) is 5.47. The van der Waals surface area contributed by atoms with Gasteiger partial charge in [0.2, 0.25) is 5.91 Å². The third-order valence-corrected chi connectivity index (χ3v) is 2.34. The summed E-state index contributed by atoms with van der Waals surface area (Å²) in [4.78, 5) is 22.3. The van der Waals surface area contributed by atoms with E-state index >= 15 is 0 Å². The van der Waals surface area contributed by atoms with Gasteiger partial charge < -0.3 is 15.2 Å². The highest BCUT2D eigenvalue weighted by atomic mass is 16.4. The zero-order valence-electron chi connectivity index (χ0n) is 9.81. The molecular formula is C11H10N5O3-. The van der Waals surface area contributed by atoms with E-state index in [-0.39, 0.29) is 17.9 Å². The summed E-state index contributed by atoms with van der Waals surface area (Å²) in [5, 5.41) is 23.8. The molecule has 0 aliphatic rings. The topological polar surface area (TPSA) is 113 Å². The quantitative estimate of drug-likeness (QED) is 0.742. The Morgan fingerprint density at radius 3 is 2.89 bits per heavy atom. The number of amides is 1. The second-order valence-corrected chi connectivity index (χ2v) is 3.74. The maximum Gasteiger partial charge on any atom is 0.226 e. The summed E-state index contributed by atoms with van der Waals surface area (Å²) in [5.41, 5.74) is 0.418. The number of tetrazole rings is 1. The zero-order chi connectivity index (χ0) is 13.7. The van der Waals surface area contributed by atoms with Crippen molar-refractivity contribution in [2.24, 2.45) is 0 Å². The van der Waals surface area contributed by atoms with Crippen LogP contribution in [0, 0.1) is 0 Å². The largest absolute Gasteiger partial charge is 0.545 e. The third-order valence-electron chi connectivity index (χ3n) is 2.34. The predicted octanol–water partition coefficient (Wildman–Crippen LogP) is -0.935. The van der Waals surface area contributed by atoms with E-state index in [1.165, 1.54) is 29.2 Å². The highest BCUT2D eigenvalue weighted by Crippen LogP contribution is 2.10. The summed E-state index contributed by atoms with van der Waals surface area (Å²) >= 11 is 0. The van der Waals surface area contributed by atoms with Crippen LogP contribution in [0.1, 0.15) is 16.8 Å². The minimum absolute atomic E-state index is 0.0123. The van der Waals surface area contributed by atoms with Crippen LogP contribution in [0.2, 0.25) is 0 Å². The molecule has 0 aliphatic carbocycles. The maximum absolute atomic E-state index is 11.6. The summed E-state index contributed by atoms with van der Waals surface area (Å²) in [6, 6.07) is 5.86. The molecule has 0 aliphatic heterocycles. The van der Waals surface area contributed by atoms with Crippen molar-refractivity contribution in [1.82, 2.24) is 20.2 Å². The number of benzene rings is 1. The van der Waals surface area contributed by atoms with Gasteiger partial charge in [-0.15, -0.1) is 5.10 Å². The lowest BCUT2D eigenvalue weighted by Gasteiger charge is -2.07. The Balaban J connectivity index is 1.91. The van der Waals surface area contributed by atoms with E-state index in [0.717, 1.165) is 0 Å². The van der Waals surface area contributed by atoms with E-state index in [2.05, 4.69) is 20.8 Å². The number of aryl methyl sites for hydroxylation is 1. The summed E-state index contributed by atoms with van der Waals surface area (Å²) in [6.45, 7) is 0.346. The van der Waals surface area contributed by atoms with Gasteiger partial charge >= 0.3 is 0 Å². The SMILES string of the molecule is O=C(CCn1cnnn1)Nc1cccc(C(=O)[O-])c1. The minimum atomic E-state index is -1.29. The van der Waals surface area contributed by atoms with Crippen LogP contribution in [0.5, 0.6) is 0 Å². The van der Waals surface area contributed by atoms with Crippen LogP contribution in [-0.4, -0.2) is 32.1 Å². The number of carbonyl (C=O) groups is 2. The Labute approximate surface area is 108 Å². The van der Waals surface area contributed by atoms with Crippen LogP contribution in [0.4, 0.5) is 5.69 Å². The predicted molar refractivity (Wildman–Crippen MR) is 61.8 cm³/mol. The molecule has 0 spiro atoms. The highest BCUT2D eigenvalue weighted by Gasteiger charge is 2.04. The van der Waals surface area contributed by atoms with Gasteiger partial charge in [0.1, 0.15) is 6.33 Å². The van der Waals surface area contributed by atoms with Crippen LogP contribution >= 0.6 is 0 Å². The van der Waals surface area contributed by atoms with Crippen LogP contribution < -0.4 is 10.4 Å². The molecule has 0 atom stereocenters. The van der Waals surface area contributed by atoms with Crippen molar-refractivity contribution in [2.45, 2.75) is 13.0 Å². The lowest BCUT2D eigenvalue weighted by Crippen LogP contribution is -2.22. The van der Waals surface area contributed by atoms with Gasteiger partial charge in [-0.3, -0.25) is 4.79 Å². The molecule has 1 amide bonds. The average molecular weight is 260 g/mol. The highest BCUT2D eigenvalue weighted by molar-refractivity contribution is 5.93. The Kier molecular flexibility index (Phi) is 3.81. The number of carboxylic acid groups (broad SMARTS) is 1. The van der Waals surface area contributed by atoms with Gasteiger partial charge in [0.15, 0.2) is 0 Å². The lowest BCUT2D eigenvalue weighted by atomic mass is 10.2. The average Bonchev–Trinajstić information content (AvgIpc) is 2.90. The molecule has 0 saturated carbocycles. The summed E-state index contributed by atoms with van der Waals surface area (Å²) in [7, 11) is 0. The molecule has 1 N–H and O–H groups in total. The number of carbonyl (C=O) groups excluding carboxylic acids is 2. The first kappa shape index (κ1) is 12.7. The van der Waals surface area contributed by atoms with Gasteiger partial charge in [0.25, 0.3) is 0 Å². The monoisotopic (exact) mass is 260 g/mol. The van der Waals surface area contributed by atoms with Gasteiger partial charge in [-0.05, 0) is 28.1 Å². The van der Waals surface area contributed by atoms with Crippen molar-refractivity contribution in [1.29, 1.82) is 0 Å². The van der Waals surface area contributed by atoms with E-state index in [1.807, 2.05) is 0 Å². The molecule has 2 aromatic rings. The van der Waals surface area contributed by atoms with E-state index in [1.54, 1.807) is 6.07 Å². The van der Waals surface area contributed by atoms with Gasteiger partial charge in [0.05, 0.1) is 12.5 Å². The standard InChI is InChI=1S/C11H11N5O3/c17-10(4-5-16-7-12-14-15-16)13-9-3-1-2-8(6-9)11(18)19/h1-3,6-7H,4-5H2,(H,13,17)(H,18,19)/p-1. The van der Waals surface area contributed by atoms with Crippen molar-refractivity contribution in [3.8, 4) is 0 Å². The first-order chi connectivity index (χ1) is 9.15. The van der Waals surface area contributed by atoms with Crippen molar-refractivity contribution in [3.63, 3.8) is 0 Å². The normalized spacial score (nSPS) is 10.1. The Morgan fingerprint density at radius 1 is 1.37 bits per heavy atom. The van der Waals surface area contributed by atoms with Crippen molar-refractivity contribution >= 4 is 17.6 Å². The second kappa shape index (κ2) is 5.71. The fraction of sp³-hybridized carbons (Fsp3) is 0.182. The van der Waals surface area contributed by atoms with E-state index in [0.29, 0.717) is 12.2 Å². The Hall–Kier alpha value is -2.77. The number of hydrogen-bond acceptors (Lipinski definition) is 6. The van der Waals surface area contributed by atoms with Gasteiger partial charge in [-0.2, -0.15) is 0 Å². The lowest BCUT2D eigenvalue weighted by molar-refractivity contribution is -0.255. The fourth-order valence-electron chi connectivity index (χ4n) is 1.45. The molecule has 1 aromatic heterocycles. The molecule has 8 heteroatoms. The molecule has 8 nitrogen and oxygen atoms in total. The second-order valence-electron chi connectivity index (χ2n) is 3.74. The molecule has 2 rings (SSSR count). The zero-order valence-corrected chi connectivity index (χ0v) is 9.81. The molecule has 1 heterocycles. The maximum atomic E-state index is 11.6. The number of carboxylic acids is 1. The molecule has 1 aromatic carbocycles. The number of aromatic carboxylic acids is 1. The summed E-state index contributed by atoms with van der Waals surface area (Å²) in [6.07, 6.45) is 1.59. The minimum Gasteiger partial charge on any atom is -0.545 e. The van der Waals surface area contributed by atoms with Crippen LogP contribution in [0.25, 0.3) is 0 Å². The summed E-state index contributed by atoms with van der Waals surface area (Å²) < 4.78 is 1.43. The van der Waals surface area contributed by atoms with Crippen LogP contribution in [-0.2, 0) is 11.3 Å². The van der Waals surface area contributed by atoms with Gasteiger partial charge in [-0.1, -0.05) is 12.1 Å². The third kappa shape index (κ3) is 3.60. The van der Waals surface area contributed by atoms with Crippen molar-refractivity contribution in [3.05, 3.63) is 36.2 Å². The molecule has 0 radical (unpaired) electrons. The number of nitrogens with one attached hydrogen (secondary N) is 1. The first-order valence-electron chi connectivity index (χ1n) is 5.47. The van der Waals surface area contributed by atoms with E-state index < -0.39 is 5.97 Å². The number of rotatable bonds is 5. The molecule has 0 fully saturated rings. The number of nitrogens with zero attached hydrogens (tertiary/aromatic N) is 4. The molecule has 0 bridgehead atoms. The number of anilines is 1. The van der Waals surface area contributed by atoms with Crippen molar-refractivity contribution in [2.75, 3.05) is 5.32 Å². The summed E-state index contributed by atoms with van der Waals surface area (Å²) in [5.74, 6) is -1.55. The van der Waals surface area contributed by atoms with Gasteiger partial charge in [-0.25, -0.2) is 4.68 Å². The Bertz CT molecular complexity index is 582. The Morgan fingerprint density at radius 2 is 2.21 bits per heavy atom. The van der Waals surface area contributed by atoms with Crippen LogP contribution in [0.3, 0.4) is 0 Å². The smallest absolute Gasteiger partial charge is 0.226 e. The number of hydrogen-bond donors (Lipinski definition) is 1.